The quantitative estimate of drug-likeness (QED) is 0.290. The van der Waals surface area contributed by atoms with Crippen molar-refractivity contribution in [2.45, 2.75) is 23.8 Å². The molecule has 1 saturated carbocycles. The fraction of sp³-hybridized carbons (Fsp3) is 0.214. The summed E-state index contributed by atoms with van der Waals surface area (Å²) in [5.41, 5.74) is 2.19. The highest BCUT2D eigenvalue weighted by Crippen LogP contribution is 2.33. The summed E-state index contributed by atoms with van der Waals surface area (Å²) in [7, 11) is -0.712. The van der Waals surface area contributed by atoms with Gasteiger partial charge in [0.1, 0.15) is 11.5 Å². The molecule has 0 aliphatic heterocycles. The fourth-order valence-electron chi connectivity index (χ4n) is 4.13. The van der Waals surface area contributed by atoms with E-state index >= 15 is 0 Å². The molecule has 5 rings (SSSR count). The predicted molar refractivity (Wildman–Crippen MR) is 149 cm³/mol. The number of carbonyl (C=O) groups is 1. The number of ether oxygens (including phenoxy) is 2. The molecule has 1 fully saturated rings. The lowest BCUT2D eigenvalue weighted by Crippen LogP contribution is -2.39. The summed E-state index contributed by atoms with van der Waals surface area (Å²) < 4.78 is 40.2. The van der Waals surface area contributed by atoms with E-state index in [0.29, 0.717) is 35.1 Å². The Kier molecular flexibility index (Phi) is 7.60. The standard InChI is InChI=1S/C28H27ClN4O5S/c1-37-23-11-3-19(4-12-23)26-17-32(21-9-13-24(38-2)14-10-21)28(30-26)31-27(34)18-33(22-7-8-22)39(35,36)25-15-5-20(29)6-16-25/h3-6,9-17,22H,7-8,18H2,1-2H3,(H,30,31,34). The molecule has 1 aliphatic carbocycles. The van der Waals surface area contributed by atoms with Gasteiger partial charge in [-0.05, 0) is 85.6 Å². The number of aromatic nitrogens is 2. The second-order valence-corrected chi connectivity index (χ2v) is 11.4. The molecule has 202 valence electrons. The Bertz CT molecular complexity index is 1570. The van der Waals surface area contributed by atoms with Gasteiger partial charge in [0.15, 0.2) is 0 Å². The molecule has 1 N–H and O–H groups in total. The molecule has 0 saturated heterocycles. The zero-order valence-electron chi connectivity index (χ0n) is 21.4. The highest BCUT2D eigenvalue weighted by molar-refractivity contribution is 7.89. The average Bonchev–Trinajstić information content (AvgIpc) is 3.71. The molecular formula is C28H27ClN4O5S. The van der Waals surface area contributed by atoms with E-state index in [0.717, 1.165) is 11.3 Å². The number of anilines is 1. The molecule has 1 amide bonds. The minimum absolute atomic E-state index is 0.0909. The van der Waals surface area contributed by atoms with E-state index in [-0.39, 0.29) is 23.4 Å². The minimum Gasteiger partial charge on any atom is -0.497 e. The molecule has 9 nitrogen and oxygen atoms in total. The Morgan fingerprint density at radius 2 is 1.56 bits per heavy atom. The second kappa shape index (κ2) is 11.1. The van der Waals surface area contributed by atoms with Crippen LogP contribution >= 0.6 is 11.6 Å². The van der Waals surface area contributed by atoms with Crippen molar-refractivity contribution < 1.29 is 22.7 Å². The molecule has 1 aliphatic rings. The van der Waals surface area contributed by atoms with E-state index in [1.807, 2.05) is 54.7 Å². The van der Waals surface area contributed by atoms with E-state index < -0.39 is 15.9 Å². The van der Waals surface area contributed by atoms with Crippen molar-refractivity contribution in [3.05, 3.63) is 84.0 Å². The Hall–Kier alpha value is -3.86. The summed E-state index contributed by atoms with van der Waals surface area (Å²) in [6.07, 6.45) is 3.20. The van der Waals surface area contributed by atoms with Gasteiger partial charge in [0.05, 0.1) is 31.4 Å². The first-order valence-corrected chi connectivity index (χ1v) is 14.1. The molecule has 0 atom stereocenters. The number of methoxy groups -OCH3 is 2. The Morgan fingerprint density at radius 3 is 2.13 bits per heavy atom. The molecule has 11 heteroatoms. The van der Waals surface area contributed by atoms with Crippen LogP contribution in [0.3, 0.4) is 0 Å². The number of nitrogens with one attached hydrogen (secondary N) is 1. The van der Waals surface area contributed by atoms with Crippen LogP contribution < -0.4 is 14.8 Å². The van der Waals surface area contributed by atoms with Gasteiger partial charge in [-0.1, -0.05) is 11.6 Å². The van der Waals surface area contributed by atoms with Crippen molar-refractivity contribution in [1.82, 2.24) is 13.9 Å². The van der Waals surface area contributed by atoms with Crippen LogP contribution in [-0.2, 0) is 14.8 Å². The third-order valence-electron chi connectivity index (χ3n) is 6.37. The molecule has 0 unspecified atom stereocenters. The summed E-state index contributed by atoms with van der Waals surface area (Å²) in [4.78, 5) is 18.0. The number of halogens is 1. The Balaban J connectivity index is 1.44. The molecule has 39 heavy (non-hydrogen) atoms. The van der Waals surface area contributed by atoms with Gasteiger partial charge in [-0.3, -0.25) is 14.7 Å². The van der Waals surface area contributed by atoms with Gasteiger partial charge >= 0.3 is 0 Å². The van der Waals surface area contributed by atoms with Crippen LogP contribution in [0.25, 0.3) is 16.9 Å². The van der Waals surface area contributed by atoms with Crippen LogP contribution in [0.4, 0.5) is 5.95 Å². The lowest BCUT2D eigenvalue weighted by atomic mass is 10.1. The third-order valence-corrected chi connectivity index (χ3v) is 8.53. The van der Waals surface area contributed by atoms with Crippen molar-refractivity contribution in [1.29, 1.82) is 0 Å². The molecule has 0 spiro atoms. The number of nitrogens with zero attached hydrogens (tertiary/aromatic N) is 3. The van der Waals surface area contributed by atoms with Crippen molar-refractivity contribution in [2.24, 2.45) is 0 Å². The van der Waals surface area contributed by atoms with Crippen molar-refractivity contribution >= 4 is 33.5 Å². The Morgan fingerprint density at radius 1 is 0.974 bits per heavy atom. The molecular weight excluding hydrogens is 540 g/mol. The number of hydrogen-bond acceptors (Lipinski definition) is 6. The smallest absolute Gasteiger partial charge is 0.243 e. The summed E-state index contributed by atoms with van der Waals surface area (Å²) in [6, 6.07) is 20.4. The number of benzene rings is 3. The molecule has 4 aromatic rings. The van der Waals surface area contributed by atoms with Crippen molar-refractivity contribution in [2.75, 3.05) is 26.1 Å². The number of sulfonamides is 1. The van der Waals surface area contributed by atoms with Crippen LogP contribution in [0, 0.1) is 0 Å². The number of imidazole rings is 1. The lowest BCUT2D eigenvalue weighted by Gasteiger charge is -2.21. The molecule has 1 aromatic heterocycles. The summed E-state index contributed by atoms with van der Waals surface area (Å²) >= 11 is 5.94. The number of amides is 1. The predicted octanol–water partition coefficient (Wildman–Crippen LogP) is 5.00. The maximum atomic E-state index is 13.4. The fourth-order valence-corrected chi connectivity index (χ4v) is 5.90. The van der Waals surface area contributed by atoms with Gasteiger partial charge in [-0.25, -0.2) is 13.4 Å². The van der Waals surface area contributed by atoms with Gasteiger partial charge in [0.2, 0.25) is 21.9 Å². The third kappa shape index (κ3) is 5.93. The zero-order valence-corrected chi connectivity index (χ0v) is 22.9. The highest BCUT2D eigenvalue weighted by atomic mass is 35.5. The first-order valence-electron chi connectivity index (χ1n) is 12.2. The van der Waals surface area contributed by atoms with Gasteiger partial charge in [-0.2, -0.15) is 4.31 Å². The first kappa shape index (κ1) is 26.7. The summed E-state index contributed by atoms with van der Waals surface area (Å²) in [5.74, 6) is 1.16. The Labute approximate surface area is 232 Å². The largest absolute Gasteiger partial charge is 0.497 e. The molecule has 0 radical (unpaired) electrons. The topological polar surface area (TPSA) is 103 Å². The maximum Gasteiger partial charge on any atom is 0.243 e. The van der Waals surface area contributed by atoms with Crippen LogP contribution in [0.1, 0.15) is 12.8 Å². The van der Waals surface area contributed by atoms with E-state index in [1.165, 1.54) is 28.6 Å². The minimum atomic E-state index is -3.90. The normalized spacial score (nSPS) is 13.3. The van der Waals surface area contributed by atoms with Crippen molar-refractivity contribution in [3.8, 4) is 28.4 Å². The van der Waals surface area contributed by atoms with Gasteiger partial charge in [-0.15, -0.1) is 0 Å². The van der Waals surface area contributed by atoms with Crippen LogP contribution in [-0.4, -0.2) is 55.0 Å². The second-order valence-electron chi connectivity index (χ2n) is 9.03. The van der Waals surface area contributed by atoms with Crippen molar-refractivity contribution in [3.63, 3.8) is 0 Å². The SMILES string of the molecule is COc1ccc(-c2cn(-c3ccc(OC)cc3)c(NC(=O)CN(C3CC3)S(=O)(=O)c3ccc(Cl)cc3)n2)cc1. The van der Waals surface area contributed by atoms with Crippen LogP contribution in [0.15, 0.2) is 83.9 Å². The number of carbonyl (C=O) groups excluding carboxylic acids is 1. The number of rotatable bonds is 10. The molecule has 0 bridgehead atoms. The first-order chi connectivity index (χ1) is 18.8. The summed E-state index contributed by atoms with van der Waals surface area (Å²) in [6.45, 7) is -0.344. The molecule has 3 aromatic carbocycles. The monoisotopic (exact) mass is 566 g/mol. The zero-order chi connectivity index (χ0) is 27.6. The van der Waals surface area contributed by atoms with Gasteiger partial charge < -0.3 is 9.47 Å². The van der Waals surface area contributed by atoms with E-state index in [4.69, 9.17) is 21.1 Å². The van der Waals surface area contributed by atoms with E-state index in [1.54, 1.807) is 18.8 Å². The maximum absolute atomic E-state index is 13.4. The average molecular weight is 567 g/mol. The summed E-state index contributed by atoms with van der Waals surface area (Å²) in [5, 5.41) is 3.26. The van der Waals surface area contributed by atoms with Crippen LogP contribution in [0.5, 0.6) is 11.5 Å². The van der Waals surface area contributed by atoms with E-state index in [2.05, 4.69) is 10.3 Å². The van der Waals surface area contributed by atoms with Crippen LogP contribution in [0.2, 0.25) is 5.02 Å². The highest BCUT2D eigenvalue weighted by Gasteiger charge is 2.39. The molecule has 1 heterocycles. The van der Waals surface area contributed by atoms with E-state index in [9.17, 15) is 13.2 Å². The van der Waals surface area contributed by atoms with Gasteiger partial charge in [0.25, 0.3) is 0 Å². The lowest BCUT2D eigenvalue weighted by molar-refractivity contribution is -0.116. The van der Waals surface area contributed by atoms with Gasteiger partial charge in [0, 0.05) is 28.5 Å². The number of hydrogen-bond donors (Lipinski definition) is 1.